The first-order valence-electron chi connectivity index (χ1n) is 5.81. The molecule has 0 aliphatic carbocycles. The molecule has 0 saturated heterocycles. The Bertz CT molecular complexity index is 480. The highest BCUT2D eigenvalue weighted by Crippen LogP contribution is 2.24. The second-order valence-electron chi connectivity index (χ2n) is 5.35. The van der Waals surface area contributed by atoms with Gasteiger partial charge in [-0.15, -0.1) is 0 Å². The maximum absolute atomic E-state index is 10.9. The van der Waals surface area contributed by atoms with Crippen LogP contribution in [0.3, 0.4) is 0 Å². The van der Waals surface area contributed by atoms with Crippen LogP contribution in [0.2, 0.25) is 5.02 Å². The molecule has 1 radical (unpaired) electrons. The summed E-state index contributed by atoms with van der Waals surface area (Å²) >= 11 is 5.98. The molecule has 0 atom stereocenters. The third kappa shape index (κ3) is 3.96. The van der Waals surface area contributed by atoms with Gasteiger partial charge in [-0.2, -0.15) is 0 Å². The van der Waals surface area contributed by atoms with E-state index >= 15 is 0 Å². The molecule has 19 heavy (non-hydrogen) atoms. The average Bonchev–Trinajstić information content (AvgIpc) is 2.26. The van der Waals surface area contributed by atoms with Crippen LogP contribution in [0.1, 0.15) is 38.1 Å². The van der Waals surface area contributed by atoms with Gasteiger partial charge in [-0.1, -0.05) is 11.6 Å². The number of carboxylic acid groups (broad SMARTS) is 1. The zero-order valence-electron chi connectivity index (χ0n) is 11.4. The van der Waals surface area contributed by atoms with Crippen LogP contribution in [-0.4, -0.2) is 34.9 Å². The second kappa shape index (κ2) is 5.53. The number of rotatable bonds is 5. The lowest BCUT2D eigenvalue weighted by Gasteiger charge is -2.37. The van der Waals surface area contributed by atoms with Crippen LogP contribution in [0.25, 0.3) is 0 Å². The molecular weight excluding hydrogens is 266 g/mol. The van der Waals surface area contributed by atoms with Gasteiger partial charge in [0, 0.05) is 5.02 Å². The number of aliphatic hydroxyl groups is 1. The fraction of sp³-hybridized carbons (Fsp3) is 0.462. The lowest BCUT2D eigenvalue weighted by atomic mass is 9.82. The standard InChI is InChI=1S/C13H17BClO4/c1-12(2,18)13(3,4)19-14-9-7-8(11(16)17)5-6-10(9)15/h5-7,18H,1-4H3,(H,16,17). The minimum Gasteiger partial charge on any atom is -0.478 e. The van der Waals surface area contributed by atoms with Crippen molar-refractivity contribution in [2.75, 3.05) is 0 Å². The third-order valence-corrected chi connectivity index (χ3v) is 3.54. The summed E-state index contributed by atoms with van der Waals surface area (Å²) < 4.78 is 5.54. The normalized spacial score (nSPS) is 12.3. The first kappa shape index (κ1) is 16.0. The number of carbonyl (C=O) groups is 1. The Hall–Kier alpha value is -1.04. The van der Waals surface area contributed by atoms with Gasteiger partial charge >= 0.3 is 13.5 Å². The summed E-state index contributed by atoms with van der Waals surface area (Å²) in [6.45, 7) is 6.74. The van der Waals surface area contributed by atoms with Crippen molar-refractivity contribution in [1.82, 2.24) is 0 Å². The number of carboxylic acids is 1. The molecule has 1 rings (SSSR count). The van der Waals surface area contributed by atoms with E-state index in [4.69, 9.17) is 21.4 Å². The molecule has 0 unspecified atom stereocenters. The van der Waals surface area contributed by atoms with Gasteiger partial charge in [-0.3, -0.25) is 0 Å². The van der Waals surface area contributed by atoms with Crippen LogP contribution in [0, 0.1) is 0 Å². The van der Waals surface area contributed by atoms with E-state index < -0.39 is 17.2 Å². The summed E-state index contributed by atoms with van der Waals surface area (Å²) in [6, 6.07) is 4.34. The van der Waals surface area contributed by atoms with Crippen LogP contribution >= 0.6 is 11.6 Å². The quantitative estimate of drug-likeness (QED) is 0.809. The lowest BCUT2D eigenvalue weighted by molar-refractivity contribution is -0.0893. The summed E-state index contributed by atoms with van der Waals surface area (Å²) in [5, 5.41) is 19.3. The van der Waals surface area contributed by atoms with Crippen molar-refractivity contribution in [3.8, 4) is 0 Å². The highest BCUT2D eigenvalue weighted by molar-refractivity contribution is 6.53. The molecule has 103 valence electrons. The first-order valence-corrected chi connectivity index (χ1v) is 6.18. The molecular formula is C13H17BClO4. The highest BCUT2D eigenvalue weighted by atomic mass is 35.5. The topological polar surface area (TPSA) is 66.8 Å². The number of benzene rings is 1. The molecule has 6 heteroatoms. The predicted molar refractivity (Wildman–Crippen MR) is 75.3 cm³/mol. The van der Waals surface area contributed by atoms with Crippen molar-refractivity contribution < 1.29 is 19.7 Å². The molecule has 0 saturated carbocycles. The molecule has 1 aromatic rings. The van der Waals surface area contributed by atoms with Crippen molar-refractivity contribution in [3.63, 3.8) is 0 Å². The van der Waals surface area contributed by atoms with E-state index in [-0.39, 0.29) is 5.56 Å². The number of halogens is 1. The van der Waals surface area contributed by atoms with Crippen molar-refractivity contribution >= 4 is 30.5 Å². The van der Waals surface area contributed by atoms with E-state index in [0.29, 0.717) is 10.5 Å². The Balaban J connectivity index is 2.89. The summed E-state index contributed by atoms with van der Waals surface area (Å²) in [5.74, 6) is -1.03. The predicted octanol–water partition coefficient (Wildman–Crippen LogP) is 1.85. The van der Waals surface area contributed by atoms with E-state index in [1.807, 2.05) is 0 Å². The van der Waals surface area contributed by atoms with Crippen LogP contribution in [0.5, 0.6) is 0 Å². The molecule has 0 aliphatic heterocycles. The van der Waals surface area contributed by atoms with Crippen LogP contribution in [0.15, 0.2) is 18.2 Å². The van der Waals surface area contributed by atoms with Gasteiger partial charge in [0.1, 0.15) is 0 Å². The van der Waals surface area contributed by atoms with Gasteiger partial charge in [-0.05, 0) is 51.4 Å². The van der Waals surface area contributed by atoms with Crippen LogP contribution in [0.4, 0.5) is 0 Å². The largest absolute Gasteiger partial charge is 0.478 e. The summed E-state index contributed by atoms with van der Waals surface area (Å²) in [4.78, 5) is 10.9. The number of hydrogen-bond donors (Lipinski definition) is 2. The van der Waals surface area contributed by atoms with E-state index in [1.165, 1.54) is 25.7 Å². The molecule has 0 bridgehead atoms. The highest BCUT2D eigenvalue weighted by Gasteiger charge is 2.35. The monoisotopic (exact) mass is 283 g/mol. The summed E-state index contributed by atoms with van der Waals surface area (Å²) in [6.07, 6.45) is 0. The van der Waals surface area contributed by atoms with E-state index in [9.17, 15) is 9.90 Å². The van der Waals surface area contributed by atoms with Gasteiger partial charge in [0.25, 0.3) is 0 Å². The first-order chi connectivity index (χ1) is 8.54. The molecule has 0 aromatic heterocycles. The Labute approximate surface area is 118 Å². The molecule has 4 nitrogen and oxygen atoms in total. The molecule has 0 spiro atoms. The third-order valence-electron chi connectivity index (χ3n) is 3.20. The lowest BCUT2D eigenvalue weighted by Crippen LogP contribution is -2.49. The minimum absolute atomic E-state index is 0.125. The molecule has 0 heterocycles. The molecule has 0 amide bonds. The van der Waals surface area contributed by atoms with E-state index in [1.54, 1.807) is 27.7 Å². The number of hydrogen-bond acceptors (Lipinski definition) is 3. The SMILES string of the molecule is CC(C)(O)C(C)(C)O[B]c1cc(C(=O)O)ccc1Cl. The second-order valence-corrected chi connectivity index (χ2v) is 5.75. The fourth-order valence-corrected chi connectivity index (χ4v) is 1.28. The Morgan fingerprint density at radius 3 is 2.37 bits per heavy atom. The minimum atomic E-state index is -1.06. The molecule has 2 N–H and O–H groups in total. The average molecular weight is 284 g/mol. The van der Waals surface area contributed by atoms with E-state index in [2.05, 4.69) is 0 Å². The van der Waals surface area contributed by atoms with Crippen molar-refractivity contribution in [3.05, 3.63) is 28.8 Å². The van der Waals surface area contributed by atoms with Crippen LogP contribution < -0.4 is 5.46 Å². The molecule has 0 fully saturated rings. The van der Waals surface area contributed by atoms with Gasteiger partial charge in [0.05, 0.1) is 16.8 Å². The van der Waals surface area contributed by atoms with Gasteiger partial charge < -0.3 is 14.9 Å². The van der Waals surface area contributed by atoms with Crippen molar-refractivity contribution in [2.24, 2.45) is 0 Å². The van der Waals surface area contributed by atoms with Gasteiger partial charge in [-0.25, -0.2) is 4.79 Å². The maximum Gasteiger partial charge on any atom is 0.335 e. The van der Waals surface area contributed by atoms with Crippen molar-refractivity contribution in [1.29, 1.82) is 0 Å². The van der Waals surface area contributed by atoms with Gasteiger partial charge in [0.2, 0.25) is 0 Å². The molecule has 0 aliphatic rings. The smallest absolute Gasteiger partial charge is 0.335 e. The zero-order valence-corrected chi connectivity index (χ0v) is 12.2. The maximum atomic E-state index is 10.9. The zero-order chi connectivity index (χ0) is 14.8. The summed E-state index contributed by atoms with van der Waals surface area (Å²) in [7, 11) is 1.37. The number of aromatic carboxylic acids is 1. The van der Waals surface area contributed by atoms with E-state index in [0.717, 1.165) is 0 Å². The molecule has 1 aromatic carbocycles. The van der Waals surface area contributed by atoms with Crippen molar-refractivity contribution in [2.45, 2.75) is 38.9 Å². The summed E-state index contributed by atoms with van der Waals surface area (Å²) in [5.41, 5.74) is -1.31. The Morgan fingerprint density at radius 1 is 1.32 bits per heavy atom. The Kier molecular flexibility index (Phi) is 4.66. The van der Waals surface area contributed by atoms with Gasteiger partial charge in [0.15, 0.2) is 0 Å². The fourth-order valence-electron chi connectivity index (χ4n) is 1.12. The van der Waals surface area contributed by atoms with Crippen LogP contribution in [-0.2, 0) is 4.65 Å². The Morgan fingerprint density at radius 2 is 1.89 bits per heavy atom.